The molecule has 2 nitrogen and oxygen atoms in total. The highest BCUT2D eigenvalue weighted by atomic mass is 19.4. The number of carbonyl (C=O) groups is 1. The molecule has 0 saturated carbocycles. The highest BCUT2D eigenvalue weighted by Gasteiger charge is 2.41. The maximum Gasteiger partial charge on any atom is 0.412 e. The van der Waals surface area contributed by atoms with E-state index in [1.165, 1.54) is 24.3 Å². The Bertz CT molecular complexity index is 861. The summed E-state index contributed by atoms with van der Waals surface area (Å²) in [6.45, 7) is 2.13. The van der Waals surface area contributed by atoms with E-state index in [4.69, 9.17) is 0 Å². The molecular weight excluding hydrogens is 447 g/mol. The Morgan fingerprint density at radius 1 is 0.743 bits per heavy atom. The second kappa shape index (κ2) is 19.2. The van der Waals surface area contributed by atoms with Gasteiger partial charge in [-0.05, 0) is 50.5 Å². The van der Waals surface area contributed by atoms with Gasteiger partial charge in [0.1, 0.15) is 0 Å². The Kier molecular flexibility index (Phi) is 16.5. The van der Waals surface area contributed by atoms with Crippen LogP contribution < -0.4 is 5.32 Å². The summed E-state index contributed by atoms with van der Waals surface area (Å²) in [7, 11) is 0. The van der Waals surface area contributed by atoms with Gasteiger partial charge in [0.15, 0.2) is 6.04 Å². The molecule has 1 amide bonds. The molecule has 1 N–H and O–H groups in total. The van der Waals surface area contributed by atoms with Gasteiger partial charge in [0.2, 0.25) is 5.91 Å². The molecule has 0 heterocycles. The zero-order valence-electron chi connectivity index (χ0n) is 20.6. The Morgan fingerprint density at radius 2 is 1.17 bits per heavy atom. The quantitative estimate of drug-likeness (QED) is 0.233. The summed E-state index contributed by atoms with van der Waals surface area (Å²) in [4.78, 5) is 12.0. The average Bonchev–Trinajstić information content (AvgIpc) is 2.84. The number of alkyl halides is 3. The van der Waals surface area contributed by atoms with Crippen LogP contribution in [-0.2, 0) is 4.79 Å². The highest BCUT2D eigenvalue weighted by molar-refractivity contribution is 5.76. The van der Waals surface area contributed by atoms with Gasteiger partial charge < -0.3 is 5.32 Å². The lowest BCUT2D eigenvalue weighted by atomic mass is 10.1. The van der Waals surface area contributed by atoms with Crippen LogP contribution >= 0.6 is 0 Å². The molecule has 0 radical (unpaired) electrons. The standard InChI is InChI=1S/C30H38F3NO/c1-2-3-4-5-6-7-8-9-10-11-12-13-14-15-16-17-18-19-23-26-28(35)34-29(30(31,32)33)27-24-21-20-22-25-27/h3-4,6-7,9-10,12-13,15-16,18-22,24-25,29H,2,5,8,11,14,17,23,26H2,1H3,(H,34,35)/b4-3-,7-6-,10-9-,13-12-,16-15-,19-18-. The fraction of sp³-hybridized carbons (Fsp3) is 0.367. The topological polar surface area (TPSA) is 29.1 Å². The number of rotatable bonds is 16. The molecule has 1 rings (SSSR count). The van der Waals surface area contributed by atoms with Gasteiger partial charge in [-0.2, -0.15) is 13.2 Å². The van der Waals surface area contributed by atoms with E-state index in [1.54, 1.807) is 6.07 Å². The van der Waals surface area contributed by atoms with E-state index in [-0.39, 0.29) is 12.0 Å². The summed E-state index contributed by atoms with van der Waals surface area (Å²) < 4.78 is 39.9. The van der Waals surface area contributed by atoms with Crippen LogP contribution in [0.15, 0.2) is 103 Å². The molecule has 1 aromatic rings. The lowest BCUT2D eigenvalue weighted by Gasteiger charge is -2.22. The third kappa shape index (κ3) is 16.2. The van der Waals surface area contributed by atoms with E-state index in [0.717, 1.165) is 38.5 Å². The first kappa shape index (κ1) is 30.0. The van der Waals surface area contributed by atoms with E-state index in [9.17, 15) is 18.0 Å². The van der Waals surface area contributed by atoms with Crippen LogP contribution in [0.1, 0.15) is 69.9 Å². The molecule has 190 valence electrons. The van der Waals surface area contributed by atoms with Crippen LogP contribution in [0, 0.1) is 0 Å². The minimum absolute atomic E-state index is 0.0155. The van der Waals surface area contributed by atoms with Crippen molar-refractivity contribution in [2.45, 2.75) is 70.5 Å². The monoisotopic (exact) mass is 485 g/mol. The third-order valence-electron chi connectivity index (χ3n) is 4.90. The normalized spacial score (nSPS) is 13.9. The fourth-order valence-electron chi connectivity index (χ4n) is 3.09. The zero-order valence-corrected chi connectivity index (χ0v) is 20.6. The first-order valence-corrected chi connectivity index (χ1v) is 12.3. The van der Waals surface area contributed by atoms with Crippen LogP contribution in [0.2, 0.25) is 0 Å². The summed E-state index contributed by atoms with van der Waals surface area (Å²) in [6, 6.07) is 5.43. The molecule has 0 aliphatic carbocycles. The van der Waals surface area contributed by atoms with Crippen LogP contribution in [-0.4, -0.2) is 12.1 Å². The van der Waals surface area contributed by atoms with Gasteiger partial charge >= 0.3 is 6.18 Å². The molecular formula is C30H38F3NO. The zero-order chi connectivity index (χ0) is 25.6. The maximum atomic E-state index is 13.3. The second-order valence-electron chi connectivity index (χ2n) is 7.91. The Balaban J connectivity index is 2.16. The number of amides is 1. The van der Waals surface area contributed by atoms with Crippen LogP contribution in [0.4, 0.5) is 13.2 Å². The number of hydrogen-bond acceptors (Lipinski definition) is 1. The van der Waals surface area contributed by atoms with E-state index in [1.807, 2.05) is 18.2 Å². The fourth-order valence-corrected chi connectivity index (χ4v) is 3.09. The second-order valence-corrected chi connectivity index (χ2v) is 7.91. The summed E-state index contributed by atoms with van der Waals surface area (Å²) in [5, 5.41) is 2.10. The number of benzene rings is 1. The molecule has 5 heteroatoms. The molecule has 0 aliphatic heterocycles. The minimum Gasteiger partial charge on any atom is -0.341 e. The van der Waals surface area contributed by atoms with Crippen molar-refractivity contribution in [1.82, 2.24) is 5.32 Å². The van der Waals surface area contributed by atoms with Crippen molar-refractivity contribution in [3.8, 4) is 0 Å². The number of carbonyl (C=O) groups excluding carboxylic acids is 1. The van der Waals surface area contributed by atoms with Crippen LogP contribution in [0.5, 0.6) is 0 Å². The van der Waals surface area contributed by atoms with Crippen molar-refractivity contribution >= 4 is 5.91 Å². The molecule has 0 saturated heterocycles. The van der Waals surface area contributed by atoms with Gasteiger partial charge in [-0.1, -0.05) is 110 Å². The molecule has 1 aromatic carbocycles. The lowest BCUT2D eigenvalue weighted by Crippen LogP contribution is -2.37. The van der Waals surface area contributed by atoms with Gasteiger partial charge in [-0.25, -0.2) is 0 Å². The average molecular weight is 486 g/mol. The summed E-state index contributed by atoms with van der Waals surface area (Å²) in [5.74, 6) is -0.615. The molecule has 1 unspecified atom stereocenters. The molecule has 0 aromatic heterocycles. The molecule has 0 spiro atoms. The highest BCUT2D eigenvalue weighted by Crippen LogP contribution is 2.32. The molecule has 0 bridgehead atoms. The van der Waals surface area contributed by atoms with Crippen molar-refractivity contribution in [2.75, 3.05) is 0 Å². The Hall–Kier alpha value is -3.08. The largest absolute Gasteiger partial charge is 0.412 e. The first-order valence-electron chi connectivity index (χ1n) is 12.3. The number of halogens is 3. The van der Waals surface area contributed by atoms with E-state index >= 15 is 0 Å². The van der Waals surface area contributed by atoms with Crippen LogP contribution in [0.25, 0.3) is 0 Å². The number of nitrogens with one attached hydrogen (secondary N) is 1. The van der Waals surface area contributed by atoms with Crippen molar-refractivity contribution in [3.05, 3.63) is 109 Å². The van der Waals surface area contributed by atoms with Crippen LogP contribution in [0.3, 0.4) is 0 Å². The molecule has 35 heavy (non-hydrogen) atoms. The SMILES string of the molecule is CC/C=C\C/C=C\C/C=C\C/C=C\C/C=C\C/C=C\CCC(=O)NC(c1ccccc1)C(F)(F)F. The van der Waals surface area contributed by atoms with Gasteiger partial charge in [0.25, 0.3) is 0 Å². The van der Waals surface area contributed by atoms with Gasteiger partial charge in [-0.15, -0.1) is 0 Å². The summed E-state index contributed by atoms with van der Waals surface area (Å²) >= 11 is 0. The number of allylic oxidation sites excluding steroid dienone is 12. The van der Waals surface area contributed by atoms with Gasteiger partial charge in [0, 0.05) is 6.42 Å². The van der Waals surface area contributed by atoms with E-state index < -0.39 is 18.1 Å². The molecule has 0 aliphatic rings. The maximum absolute atomic E-state index is 13.3. The van der Waals surface area contributed by atoms with Crippen molar-refractivity contribution in [3.63, 3.8) is 0 Å². The first-order chi connectivity index (χ1) is 16.9. The van der Waals surface area contributed by atoms with Gasteiger partial charge in [-0.3, -0.25) is 4.79 Å². The van der Waals surface area contributed by atoms with E-state index in [2.05, 4.69) is 66.9 Å². The smallest absolute Gasteiger partial charge is 0.341 e. The van der Waals surface area contributed by atoms with Gasteiger partial charge in [0.05, 0.1) is 0 Å². The third-order valence-corrected chi connectivity index (χ3v) is 4.90. The minimum atomic E-state index is -4.54. The summed E-state index contributed by atoms with van der Waals surface area (Å²) in [5.41, 5.74) is 0.0299. The predicted octanol–water partition coefficient (Wildman–Crippen LogP) is 8.88. The molecule has 0 fully saturated rings. The van der Waals surface area contributed by atoms with Crippen molar-refractivity contribution in [2.24, 2.45) is 0 Å². The Labute approximate surface area is 208 Å². The van der Waals surface area contributed by atoms with Crippen molar-refractivity contribution < 1.29 is 18.0 Å². The number of hydrogen-bond donors (Lipinski definition) is 1. The molecule has 1 atom stereocenters. The lowest BCUT2D eigenvalue weighted by molar-refractivity contribution is -0.163. The van der Waals surface area contributed by atoms with Crippen molar-refractivity contribution in [1.29, 1.82) is 0 Å². The van der Waals surface area contributed by atoms with E-state index in [0.29, 0.717) is 6.42 Å². The Morgan fingerprint density at radius 3 is 1.60 bits per heavy atom. The summed E-state index contributed by atoms with van der Waals surface area (Å²) in [6.07, 6.45) is 26.5. The predicted molar refractivity (Wildman–Crippen MR) is 141 cm³/mol.